The molecule has 4 aliphatic carbocycles. The molecule has 5 aromatic heterocycles. The number of carbonyl (C=O) groups excluding carboxylic acids is 3. The Kier molecular flexibility index (Phi) is 43.3. The molecule has 4 amide bonds. The normalized spacial score (nSPS) is 24.8. The Hall–Kier alpha value is -7.50. The number of anilines is 4. The Morgan fingerprint density at radius 2 is 0.836 bits per heavy atom. The number of piperidine rings is 4. The fourth-order valence-electron chi connectivity index (χ4n) is 20.0. The molecule has 0 saturated carbocycles. The first-order valence-electron chi connectivity index (χ1n) is 51.6. The van der Waals surface area contributed by atoms with Crippen molar-refractivity contribution in [1.82, 2.24) is 38.1 Å². The molecule has 4 unspecified atom stereocenters. The Bertz CT molecular complexity index is 5590. The number of hydrogen-bond acceptors (Lipinski definition) is 22. The smallest absolute Gasteiger partial charge is 0.354 e. The van der Waals surface area contributed by atoms with Gasteiger partial charge >= 0.3 is 12.0 Å². The number of imide groups is 1. The highest BCUT2D eigenvalue weighted by molar-refractivity contribution is 9.08. The number of pyridine rings is 5. The van der Waals surface area contributed by atoms with Crippen LogP contribution in [0.1, 0.15) is 306 Å². The lowest BCUT2D eigenvalue weighted by molar-refractivity contribution is -0.127. The third kappa shape index (κ3) is 29.1. The summed E-state index contributed by atoms with van der Waals surface area (Å²) in [5.74, 6) is 0.793. The number of nitrogens with two attached hydrogens (primary N) is 2. The number of carboxylic acid groups (broad SMARTS) is 1. The van der Waals surface area contributed by atoms with E-state index in [4.69, 9.17) is 56.3 Å². The van der Waals surface area contributed by atoms with Crippen LogP contribution in [-0.2, 0) is 48.2 Å². The summed E-state index contributed by atoms with van der Waals surface area (Å²) in [4.78, 5) is 74.1. The average Bonchev–Trinajstić information content (AvgIpc) is 1.51. The van der Waals surface area contributed by atoms with Gasteiger partial charge in [-0.05, 0) is 255 Å². The van der Waals surface area contributed by atoms with Gasteiger partial charge in [-0.15, -0.1) is 17.6 Å². The summed E-state index contributed by atoms with van der Waals surface area (Å²) in [6, 6.07) is 8.76. The van der Waals surface area contributed by atoms with E-state index < -0.39 is 85.2 Å². The zero-order valence-corrected chi connectivity index (χ0v) is 102. The maximum atomic E-state index is 13.5. The summed E-state index contributed by atoms with van der Waals surface area (Å²) in [6.07, 6.45) is 16.8. The van der Waals surface area contributed by atoms with Gasteiger partial charge in [-0.3, -0.25) is 29.5 Å². The molecule has 5 aliphatic heterocycles. The first kappa shape index (κ1) is 125. The second-order valence-electron chi connectivity index (χ2n) is 48.7. The van der Waals surface area contributed by atoms with Gasteiger partial charge in [0.25, 0.3) is 11.8 Å². The predicted molar refractivity (Wildman–Crippen MR) is 603 cm³/mol. The largest absolute Gasteiger partial charge is 0.477 e. The number of benzene rings is 1. The molecule has 0 bridgehead atoms. The number of nitrogen functional groups attached to an aromatic ring is 1. The molecule has 26 nitrogen and oxygen atoms in total. The first-order valence-corrected chi connectivity index (χ1v) is 65.0. The number of nitrogens with one attached hydrogen (secondary N) is 1. The van der Waals surface area contributed by atoms with E-state index in [-0.39, 0.29) is 51.5 Å². The van der Waals surface area contributed by atoms with Gasteiger partial charge in [-0.2, -0.15) is 14.4 Å². The second-order valence-corrected chi connectivity index (χ2v) is 69.6. The summed E-state index contributed by atoms with van der Waals surface area (Å²) >= 11 is 11.9. The van der Waals surface area contributed by atoms with Crippen LogP contribution < -0.4 is 31.5 Å². The van der Waals surface area contributed by atoms with Crippen molar-refractivity contribution in [2.45, 2.75) is 358 Å². The number of aromatic carboxylic acids is 1. The Balaban J connectivity index is 0.000000235. The van der Waals surface area contributed by atoms with E-state index in [2.05, 4.69) is 314 Å². The molecule has 810 valence electrons. The van der Waals surface area contributed by atoms with Crippen LogP contribution in [0.3, 0.4) is 0 Å². The fraction of sp³-hybridized carbons (Fsp3) is 0.651. The number of urea groups is 1. The van der Waals surface area contributed by atoms with E-state index in [9.17, 15) is 37.6 Å². The van der Waals surface area contributed by atoms with E-state index in [0.717, 1.165) is 171 Å². The average molecular weight is 2260 g/mol. The zero-order valence-electron chi connectivity index (χ0n) is 93.3. The molecule has 6 aromatic rings. The van der Waals surface area contributed by atoms with Crippen molar-refractivity contribution < 1.29 is 60.4 Å². The maximum Gasteiger partial charge on any atom is 0.354 e. The number of halogens is 7. The lowest BCUT2D eigenvalue weighted by Gasteiger charge is -2.48. The van der Waals surface area contributed by atoms with Gasteiger partial charge < -0.3 is 59.5 Å². The molecule has 9 aliphatic rings. The highest BCUT2D eigenvalue weighted by Gasteiger charge is 2.52. The van der Waals surface area contributed by atoms with Crippen LogP contribution in [-0.4, -0.2) is 189 Å². The van der Waals surface area contributed by atoms with Gasteiger partial charge in [0.15, 0.2) is 33.3 Å². The summed E-state index contributed by atoms with van der Waals surface area (Å²) in [6.45, 7) is 87.8. The Labute approximate surface area is 902 Å². The van der Waals surface area contributed by atoms with E-state index >= 15 is 0 Å². The summed E-state index contributed by atoms with van der Waals surface area (Å²) in [5.41, 5.74) is 25.3. The summed E-state index contributed by atoms with van der Waals surface area (Å²) in [5, 5.41) is 41.6. The quantitative estimate of drug-likeness (QED) is 0.0169. The van der Waals surface area contributed by atoms with Crippen LogP contribution >= 0.6 is 56.3 Å². The van der Waals surface area contributed by atoms with Crippen LogP contribution in [0.5, 0.6) is 0 Å². The fourth-order valence-corrected chi connectivity index (χ4v) is 27.4. The van der Waals surface area contributed by atoms with Crippen molar-refractivity contribution in [2.24, 2.45) is 58.2 Å². The number of amides is 4. The van der Waals surface area contributed by atoms with Crippen LogP contribution in [0.15, 0.2) is 60.3 Å². The van der Waals surface area contributed by atoms with Gasteiger partial charge in [0, 0.05) is 100 Å². The van der Waals surface area contributed by atoms with Crippen molar-refractivity contribution >= 4 is 143 Å². The van der Waals surface area contributed by atoms with E-state index in [1.807, 2.05) is 12.3 Å². The SMILES string of the molecule is C=NO.CC1(C)C(=O)N(Br)C(=O)N1Br.C[C@@H]1CCc2c1ncc(C#N)c2Cl.C[C@@H]1CCc2c1ncc(C#N)c2N1C[C@@H](C)C(O[Si](C)(C)C(C)(C)C)[C@@H](C)C1.C[C@@H]1CCc2c1ncc(C(N)=O)c2N1C[C@@H](C)C(O[Si](C)(C)C(C)(C)C)[C@@H](C)C1.C[C@@H]1CCc2c1ncc(N)c2N1C[C@@H](C)C(O[Si](C)(C)C(C)(C)C)[C@@H](C)C1.C[C@@H]1CNC[C@H](C)C1O[Si](C)(C)C(C)(C)C.Cl.O=C(O)c1ccc(F)c(-c2c(F)cccc2F)n1. The van der Waals surface area contributed by atoms with Crippen LogP contribution in [0, 0.1) is 87.5 Å². The molecule has 37 heteroatoms. The Morgan fingerprint density at radius 3 is 1.16 bits per heavy atom. The number of hydrogen-bond donors (Lipinski definition) is 5. The van der Waals surface area contributed by atoms with Crippen molar-refractivity contribution in [3.05, 3.63) is 145 Å². The number of aromatic nitrogens is 5. The molecule has 1 aromatic carbocycles. The number of nitrogens with zero attached hydrogens (tertiary/aromatic N) is 13. The molecule has 5 fully saturated rings. The van der Waals surface area contributed by atoms with Gasteiger partial charge in [-0.1, -0.05) is 184 Å². The number of fused-ring (bicyclic) bond motifs is 4. The molecule has 146 heavy (non-hydrogen) atoms. The predicted octanol–water partition coefficient (Wildman–Crippen LogP) is 26.3. The number of rotatable bonds is 14. The second kappa shape index (κ2) is 50.4. The number of carbonyl (C=O) groups is 4. The van der Waals surface area contributed by atoms with Crippen LogP contribution in [0.4, 0.5) is 40.7 Å². The standard InChI is InChI=1S/C23H39N3O2Si.C23H37N3OSi.C22H39N3OSi.C13H29NOSi.C12H6F3NO2.C10H9ClN2.C5H6Br2N2O2.CH3NO.ClH/c1-14-9-10-17-19(14)25-11-18(22(24)27)20(17)26-12-15(2)21(16(3)13-26)28-29(7,8)23(4,5)6;1-15-9-10-19-20(15)25-12-18(11-24)21(19)26-13-16(2)22(17(3)14-26)27-28(7,8)23(4,5)6;1-14-9-10-17-19(14)24-11-18(23)20(17)25-12-15(2)21(16(3)13-25)26-27(7,8)22(4,5)6;1-10-8-14-9-11(2)12(10)15-16(6,7)13(3,4)5;13-6-2-1-3-7(14)10(6)11-8(15)4-5-9(16-11)12(17)18;1-6-2-3-8-9(11)7(4-12)5-13-10(6)8;1-5(2)3(10)8(6)4(11)9(5)7;1-2-3;/h11,14-16,21H,9-10,12-13H2,1-8H3,(H2,24,27);12,15-17,22H,9-10,13-14H2,1-8H3;11,14-16,21H,9-10,12-13,23H2,1-8H3;10-12,14H,8-9H2,1-7H3;1-5H,(H,17,18);5-6H,2-3H2,1H3;1-2H3;3H,1H2;1H/t14-,15-,16+,21?;15-,16-,17+,22?;14-,15-,16+,21?;10-,11+,12?;;6-;;;/m111..1.../s1. The molecule has 0 radical (unpaired) electrons. The van der Waals surface area contributed by atoms with Crippen molar-refractivity contribution in [3.8, 4) is 23.4 Å². The molecule has 7 N–H and O–H groups in total. The minimum atomic E-state index is -1.83. The molecule has 15 rings (SSSR count). The number of carboxylic acids is 1. The number of nitriles is 2. The lowest BCUT2D eigenvalue weighted by atomic mass is 9.87. The van der Waals surface area contributed by atoms with Gasteiger partial charge in [-0.25, -0.2) is 31.7 Å². The van der Waals surface area contributed by atoms with E-state index in [1.165, 1.54) is 44.1 Å². The van der Waals surface area contributed by atoms with E-state index in [0.29, 0.717) is 104 Å². The van der Waals surface area contributed by atoms with Crippen molar-refractivity contribution in [2.75, 3.05) is 72.8 Å². The van der Waals surface area contributed by atoms with Crippen LogP contribution in [0.25, 0.3) is 11.3 Å². The van der Waals surface area contributed by atoms with Crippen LogP contribution in [0.2, 0.25) is 77.6 Å². The summed E-state index contributed by atoms with van der Waals surface area (Å²) in [7, 11) is -7.01. The lowest BCUT2D eigenvalue weighted by Crippen LogP contribution is -2.54. The Morgan fingerprint density at radius 1 is 0.521 bits per heavy atom. The molecule has 16 atom stereocenters. The number of oxime groups is 1. The van der Waals surface area contributed by atoms with Gasteiger partial charge in [0.05, 0.1) is 113 Å². The molecular weight excluding hydrogens is 2090 g/mol. The van der Waals surface area contributed by atoms with Crippen molar-refractivity contribution in [3.63, 3.8) is 0 Å². The zero-order chi connectivity index (χ0) is 110. The first-order chi connectivity index (χ1) is 66.9. The highest BCUT2D eigenvalue weighted by atomic mass is 79.9. The molecule has 5 saturated heterocycles. The molecular formula is C109H169Br2Cl2F3N16O10Si4. The number of primary amides is 1. The van der Waals surface area contributed by atoms with Gasteiger partial charge in [0.1, 0.15) is 46.5 Å². The summed E-state index contributed by atoms with van der Waals surface area (Å²) < 4.78 is 69.6. The molecule has 10 heterocycles. The third-order valence-corrected chi connectivity index (χ3v) is 52.7. The highest BCUT2D eigenvalue weighted by Crippen LogP contribution is 2.51. The maximum absolute atomic E-state index is 13.5. The minimum Gasteiger partial charge on any atom is -0.477 e. The van der Waals surface area contributed by atoms with Crippen molar-refractivity contribution in [1.29, 1.82) is 10.5 Å². The molecule has 0 spiro atoms. The topological polar surface area (TPSA) is 350 Å². The third-order valence-electron chi connectivity index (χ3n) is 32.6. The minimum absolute atomic E-state index is 0. The monoisotopic (exact) mass is 2260 g/mol. The van der Waals surface area contributed by atoms with Gasteiger partial charge in [0.2, 0.25) is 0 Å². The van der Waals surface area contributed by atoms with E-state index in [1.54, 1.807) is 32.4 Å².